The van der Waals surface area contributed by atoms with Gasteiger partial charge in [0, 0.05) is 26.4 Å². The van der Waals surface area contributed by atoms with E-state index in [-0.39, 0.29) is 29.6 Å². The molecule has 0 amide bonds. The summed E-state index contributed by atoms with van der Waals surface area (Å²) in [6.07, 6.45) is 5.11. The molecule has 7 rings (SSSR count). The number of ether oxygens (including phenoxy) is 2. The fourth-order valence-electron chi connectivity index (χ4n) is 4.96. The van der Waals surface area contributed by atoms with Gasteiger partial charge < -0.3 is 9.47 Å². The first-order valence-electron chi connectivity index (χ1n) is 14.6. The molecule has 1 aromatic heterocycles. The summed E-state index contributed by atoms with van der Waals surface area (Å²) in [6, 6.07) is 42.3. The van der Waals surface area contributed by atoms with Gasteiger partial charge in [-0.3, -0.25) is 0 Å². The van der Waals surface area contributed by atoms with Crippen LogP contribution in [0.3, 0.4) is 0 Å². The second-order valence-corrected chi connectivity index (χ2v) is 22.4. The third kappa shape index (κ3) is 8.60. The van der Waals surface area contributed by atoms with Gasteiger partial charge >= 0.3 is 240 Å². The number of benzene rings is 4. The average Bonchev–Trinajstić information content (AvgIpc) is 3.92. The van der Waals surface area contributed by atoms with E-state index in [1.54, 1.807) is 0 Å². The zero-order chi connectivity index (χ0) is 29.8. The van der Waals surface area contributed by atoms with Crippen LogP contribution in [0, 0.1) is 0 Å². The first-order valence-corrected chi connectivity index (χ1v) is 22.6. The molecule has 5 aromatic rings. The van der Waals surface area contributed by atoms with Crippen molar-refractivity contribution in [2.24, 2.45) is 0 Å². The molecular weight excluding hydrogens is 725 g/mol. The molecule has 0 radical (unpaired) electrons. The summed E-state index contributed by atoms with van der Waals surface area (Å²) in [4.78, 5) is 0. The molecule has 0 unspecified atom stereocenters. The Morgan fingerprint density at radius 1 is 0.500 bits per heavy atom. The van der Waals surface area contributed by atoms with Crippen molar-refractivity contribution in [2.75, 3.05) is 26.4 Å². The summed E-state index contributed by atoms with van der Waals surface area (Å²) in [5, 5.41) is 18.6. The Labute approximate surface area is 298 Å². The van der Waals surface area contributed by atoms with Crippen molar-refractivity contribution in [1.29, 1.82) is 0 Å². The van der Waals surface area contributed by atoms with Crippen LogP contribution in [0.1, 0.15) is 25.7 Å². The molecule has 0 spiro atoms. The van der Waals surface area contributed by atoms with Gasteiger partial charge in [-0.05, 0) is 25.7 Å². The van der Waals surface area contributed by atoms with Crippen molar-refractivity contribution in [3.05, 3.63) is 121 Å². The normalized spacial score (nSPS) is 14.4. The summed E-state index contributed by atoms with van der Waals surface area (Å²) in [7, 11) is 0. The zero-order valence-corrected chi connectivity index (χ0v) is 32.3. The first kappa shape index (κ1) is 35.7. The fourth-order valence-corrected chi connectivity index (χ4v) is 16.3. The number of rotatable bonds is 6. The molecule has 4 aromatic carbocycles. The predicted octanol–water partition coefficient (Wildman–Crippen LogP) is 0.786. The van der Waals surface area contributed by atoms with Crippen molar-refractivity contribution < 1.29 is 39.0 Å². The van der Waals surface area contributed by atoms with Crippen LogP contribution in [0.25, 0.3) is 0 Å². The van der Waals surface area contributed by atoms with Gasteiger partial charge in [0.1, 0.15) is 0 Å². The van der Waals surface area contributed by atoms with E-state index in [0.29, 0.717) is 0 Å². The van der Waals surface area contributed by atoms with E-state index < -0.39 is 11.0 Å². The number of hydrogen-bond donors (Lipinski definition) is 0. The third-order valence-corrected chi connectivity index (χ3v) is 20.8. The molecule has 44 heavy (non-hydrogen) atoms. The van der Waals surface area contributed by atoms with Gasteiger partial charge in [0.05, 0.1) is 0 Å². The Hall–Kier alpha value is -1.16. The molecule has 2 saturated heterocycles. The van der Waals surface area contributed by atoms with Crippen LogP contribution < -0.4 is 66.7 Å². The molecule has 2 aliphatic heterocycles. The standard InChI is InChI=1S/C26H20N3P2Se2.2C4H8O.Na/c32-30(21-13-5-1-6-14-21,22-15-7-2-8-16-22)25-26(28-29-27-25)31(33,23-17-9-3-10-18-23)24-19-11-4-12-20-24;2*1-2-4-5-3-1;/h1-20H;2*1-4H2;/q-1;;;+1. The van der Waals surface area contributed by atoms with Crippen molar-refractivity contribution in [3.63, 3.8) is 0 Å². The maximum atomic E-state index is 4.94. The monoisotopic (exact) mass is 763 g/mol. The van der Waals surface area contributed by atoms with E-state index in [1.165, 1.54) is 46.9 Å². The van der Waals surface area contributed by atoms with E-state index in [0.717, 1.165) is 37.3 Å². The van der Waals surface area contributed by atoms with Crippen LogP contribution in [0.4, 0.5) is 0 Å². The van der Waals surface area contributed by atoms with Crippen molar-refractivity contribution in [2.45, 2.75) is 25.7 Å². The van der Waals surface area contributed by atoms with Crippen molar-refractivity contribution in [1.82, 2.24) is 15.4 Å². The second-order valence-electron chi connectivity index (χ2n) is 10.1. The van der Waals surface area contributed by atoms with Crippen LogP contribution in [0.2, 0.25) is 0 Å². The molecule has 0 aliphatic carbocycles. The van der Waals surface area contributed by atoms with Gasteiger partial charge in [0.2, 0.25) is 0 Å². The van der Waals surface area contributed by atoms with Gasteiger partial charge in [-0.25, -0.2) is 0 Å². The summed E-state index contributed by atoms with van der Waals surface area (Å²) in [5.74, 6) is 0. The predicted molar refractivity (Wildman–Crippen MR) is 184 cm³/mol. The quantitative estimate of drug-likeness (QED) is 0.190. The van der Waals surface area contributed by atoms with Crippen LogP contribution in [-0.2, 0) is 9.47 Å². The molecule has 0 bridgehead atoms. The summed E-state index contributed by atoms with van der Waals surface area (Å²) >= 11 is 7.23. The Kier molecular flexibility index (Phi) is 14.8. The minimum absolute atomic E-state index is 0. The molecule has 5 nitrogen and oxygen atoms in total. The topological polar surface area (TPSA) is 58.3 Å². The first-order chi connectivity index (χ1) is 21.1. The Morgan fingerprint density at radius 2 is 0.818 bits per heavy atom. The van der Waals surface area contributed by atoms with E-state index in [9.17, 15) is 0 Å². The molecular formula is C34H36N3NaO2P2Se2. The molecule has 0 saturated carbocycles. The minimum atomic E-state index is -2.21. The van der Waals surface area contributed by atoms with Crippen molar-refractivity contribution in [3.8, 4) is 0 Å². The maximum absolute atomic E-state index is 4.94. The van der Waals surface area contributed by atoms with E-state index in [1.807, 2.05) is 24.3 Å². The Balaban J connectivity index is 0.000000340. The molecule has 0 atom stereocenters. The van der Waals surface area contributed by atoms with Gasteiger partial charge in [-0.1, -0.05) is 0 Å². The molecule has 2 aliphatic rings. The fraction of sp³-hybridized carbons (Fsp3) is 0.235. The van der Waals surface area contributed by atoms with Gasteiger partial charge in [0.15, 0.2) is 0 Å². The summed E-state index contributed by atoms with van der Waals surface area (Å²) in [5.41, 5.74) is -2.53. The van der Waals surface area contributed by atoms with Crippen molar-refractivity contribution >= 4 is 73.3 Å². The Bertz CT molecular complexity index is 1410. The molecule has 10 heteroatoms. The molecule has 222 valence electrons. The second kappa shape index (κ2) is 18.2. The van der Waals surface area contributed by atoms with Crippen LogP contribution >= 0.6 is 11.0 Å². The van der Waals surface area contributed by atoms with Gasteiger partial charge in [-0.2, -0.15) is 0 Å². The zero-order valence-electron chi connectivity index (χ0n) is 25.1. The SMILES string of the molecule is C1CCOC1.C1CCOC1.[Na+].[Se]=P(c1ccccc1)(c1ccccc1)c1nn[n-]c1P(=[Se])(c1ccccc1)c1ccccc1. The van der Waals surface area contributed by atoms with Gasteiger partial charge in [-0.15, -0.1) is 0 Å². The molecule has 3 heterocycles. The van der Waals surface area contributed by atoms with Crippen LogP contribution in [0.15, 0.2) is 121 Å². The molecule has 0 N–H and O–H groups in total. The van der Waals surface area contributed by atoms with E-state index in [2.05, 4.69) is 132 Å². The Morgan fingerprint density at radius 3 is 1.11 bits per heavy atom. The third-order valence-electron chi connectivity index (χ3n) is 7.21. The average molecular weight is 762 g/mol. The number of hydrogen-bond acceptors (Lipinski definition) is 4. The van der Waals surface area contributed by atoms with Crippen LogP contribution in [0.5, 0.6) is 0 Å². The van der Waals surface area contributed by atoms with Crippen LogP contribution in [-0.4, -0.2) is 66.9 Å². The van der Waals surface area contributed by atoms with E-state index in [4.69, 9.17) is 19.7 Å². The number of nitrogens with zero attached hydrogens (tertiary/aromatic N) is 3. The molecule has 2 fully saturated rings. The summed E-state index contributed by atoms with van der Waals surface area (Å²) < 4.78 is 9.89. The summed E-state index contributed by atoms with van der Waals surface area (Å²) in [6.45, 7) is 4.00. The van der Waals surface area contributed by atoms with E-state index >= 15 is 0 Å². The number of aromatic nitrogens is 3. The van der Waals surface area contributed by atoms with Gasteiger partial charge in [0.25, 0.3) is 0 Å².